The minimum Gasteiger partial charge on any atom is -0.345 e. The van der Waals surface area contributed by atoms with E-state index in [4.69, 9.17) is 0 Å². The molecule has 2 heteroatoms. The average molecular weight is 255 g/mol. The normalized spacial score (nSPS) is 13.6. The van der Waals surface area contributed by atoms with Crippen LogP contribution in [-0.4, -0.2) is 24.4 Å². The first-order valence-electron chi connectivity index (χ1n) is 6.96. The third kappa shape index (κ3) is 8.54. The van der Waals surface area contributed by atoms with Gasteiger partial charge in [-0.2, -0.15) is 0 Å². The van der Waals surface area contributed by atoms with Crippen molar-refractivity contribution in [1.82, 2.24) is 4.90 Å². The van der Waals surface area contributed by atoms with E-state index in [-0.39, 0.29) is 16.7 Å². The highest BCUT2D eigenvalue weighted by molar-refractivity contribution is 5.76. The number of hydrogen-bond donors (Lipinski definition) is 0. The zero-order chi connectivity index (χ0) is 14.8. The molecule has 0 radical (unpaired) electrons. The molecule has 108 valence electrons. The van der Waals surface area contributed by atoms with Gasteiger partial charge in [0, 0.05) is 20.0 Å². The predicted molar refractivity (Wildman–Crippen MR) is 79.6 cm³/mol. The van der Waals surface area contributed by atoms with Crippen LogP contribution in [0.4, 0.5) is 0 Å². The summed E-state index contributed by atoms with van der Waals surface area (Å²) in [5, 5.41) is 0. The smallest absolute Gasteiger partial charge is 0.222 e. The molecule has 0 atom stereocenters. The minimum absolute atomic E-state index is 0.0690. The van der Waals surface area contributed by atoms with Gasteiger partial charge >= 0.3 is 0 Å². The molecule has 2 nitrogen and oxygen atoms in total. The lowest BCUT2D eigenvalue weighted by atomic mass is 9.76. The Kier molecular flexibility index (Phi) is 5.46. The van der Waals surface area contributed by atoms with E-state index in [2.05, 4.69) is 55.4 Å². The topological polar surface area (TPSA) is 20.3 Å². The number of hydrogen-bond acceptors (Lipinski definition) is 1. The number of nitrogens with zero attached hydrogens (tertiary/aromatic N) is 1. The van der Waals surface area contributed by atoms with Gasteiger partial charge < -0.3 is 4.90 Å². The van der Waals surface area contributed by atoms with Gasteiger partial charge in [-0.25, -0.2) is 0 Å². The monoisotopic (exact) mass is 255 g/mol. The molecule has 0 aliphatic carbocycles. The van der Waals surface area contributed by atoms with Gasteiger partial charge in [-0.1, -0.05) is 55.4 Å². The molecule has 0 aromatic carbocycles. The van der Waals surface area contributed by atoms with Crippen molar-refractivity contribution in [2.75, 3.05) is 13.6 Å². The summed E-state index contributed by atoms with van der Waals surface area (Å²) in [6, 6.07) is 0. The van der Waals surface area contributed by atoms with Gasteiger partial charge in [0.15, 0.2) is 0 Å². The summed E-state index contributed by atoms with van der Waals surface area (Å²) in [5.74, 6) is 0.254. The zero-order valence-electron chi connectivity index (χ0n) is 14.0. The minimum atomic E-state index is 0.0690. The SMILES string of the molecule is CN(CC(C)(C)CC(C)(C)C)C(=O)CC(C)(C)C. The maximum absolute atomic E-state index is 12.1. The summed E-state index contributed by atoms with van der Waals surface area (Å²) < 4.78 is 0. The van der Waals surface area contributed by atoms with Crippen LogP contribution in [0.15, 0.2) is 0 Å². The van der Waals surface area contributed by atoms with Gasteiger partial charge in [-0.05, 0) is 22.7 Å². The Bertz CT molecular complexity index is 278. The highest BCUT2D eigenvalue weighted by Crippen LogP contribution is 2.33. The van der Waals surface area contributed by atoms with E-state index in [9.17, 15) is 4.79 Å². The molecular formula is C16H33NO. The summed E-state index contributed by atoms with van der Waals surface area (Å²) in [6.07, 6.45) is 1.74. The molecule has 0 fully saturated rings. The molecule has 18 heavy (non-hydrogen) atoms. The Morgan fingerprint density at radius 1 is 0.889 bits per heavy atom. The quantitative estimate of drug-likeness (QED) is 0.731. The molecule has 1 amide bonds. The Balaban J connectivity index is 4.47. The summed E-state index contributed by atoms with van der Waals surface area (Å²) in [5.41, 5.74) is 0.539. The van der Waals surface area contributed by atoms with E-state index in [0.717, 1.165) is 13.0 Å². The maximum atomic E-state index is 12.1. The van der Waals surface area contributed by atoms with Crippen molar-refractivity contribution >= 4 is 5.91 Å². The van der Waals surface area contributed by atoms with Crippen LogP contribution in [0.3, 0.4) is 0 Å². The molecule has 0 aromatic rings. The molecular weight excluding hydrogens is 222 g/mol. The predicted octanol–water partition coefficient (Wildman–Crippen LogP) is 4.34. The van der Waals surface area contributed by atoms with Crippen LogP contribution in [0.1, 0.15) is 68.2 Å². The Morgan fingerprint density at radius 3 is 1.67 bits per heavy atom. The molecule has 0 spiro atoms. The van der Waals surface area contributed by atoms with Gasteiger partial charge in [-0.15, -0.1) is 0 Å². The van der Waals surface area contributed by atoms with E-state index in [1.807, 2.05) is 11.9 Å². The van der Waals surface area contributed by atoms with E-state index in [0.29, 0.717) is 11.8 Å². The number of rotatable bonds is 4. The summed E-state index contributed by atoms with van der Waals surface area (Å²) >= 11 is 0. The second-order valence-electron chi connectivity index (χ2n) is 8.89. The Labute approximate surface area is 114 Å². The molecule has 0 aromatic heterocycles. The van der Waals surface area contributed by atoms with Crippen molar-refractivity contribution in [3.05, 3.63) is 0 Å². The molecule has 0 unspecified atom stereocenters. The third-order valence-electron chi connectivity index (χ3n) is 2.78. The van der Waals surface area contributed by atoms with E-state index in [1.54, 1.807) is 0 Å². The fraction of sp³-hybridized carbons (Fsp3) is 0.938. The van der Waals surface area contributed by atoms with Crippen LogP contribution in [0, 0.1) is 16.2 Å². The van der Waals surface area contributed by atoms with Gasteiger partial charge in [0.05, 0.1) is 0 Å². The van der Waals surface area contributed by atoms with E-state index >= 15 is 0 Å². The van der Waals surface area contributed by atoms with Crippen molar-refractivity contribution in [2.24, 2.45) is 16.2 Å². The molecule has 0 aliphatic heterocycles. The van der Waals surface area contributed by atoms with E-state index in [1.165, 1.54) is 0 Å². The van der Waals surface area contributed by atoms with Crippen LogP contribution >= 0.6 is 0 Å². The van der Waals surface area contributed by atoms with E-state index < -0.39 is 0 Å². The molecule has 0 N–H and O–H groups in total. The van der Waals surface area contributed by atoms with Crippen LogP contribution in [0.25, 0.3) is 0 Å². The molecule has 0 saturated heterocycles. The summed E-state index contributed by atoms with van der Waals surface area (Å²) in [6.45, 7) is 18.4. The largest absolute Gasteiger partial charge is 0.345 e. The van der Waals surface area contributed by atoms with Crippen molar-refractivity contribution in [1.29, 1.82) is 0 Å². The fourth-order valence-electron chi connectivity index (χ4n) is 2.81. The standard InChI is InChI=1S/C16H33NO/c1-14(2,3)10-13(18)17(9)12-16(7,8)11-15(4,5)6/h10-12H2,1-9H3. The molecule has 0 heterocycles. The van der Waals surface area contributed by atoms with Gasteiger partial charge in [0.1, 0.15) is 0 Å². The lowest BCUT2D eigenvalue weighted by Crippen LogP contribution is -2.39. The second-order valence-corrected chi connectivity index (χ2v) is 8.89. The van der Waals surface area contributed by atoms with Crippen LogP contribution in [0.5, 0.6) is 0 Å². The first kappa shape index (κ1) is 17.5. The van der Waals surface area contributed by atoms with Gasteiger partial charge in [0.25, 0.3) is 0 Å². The fourth-order valence-corrected chi connectivity index (χ4v) is 2.81. The first-order valence-corrected chi connectivity index (χ1v) is 6.96. The second kappa shape index (κ2) is 5.63. The number of amides is 1. The number of carbonyl (C=O) groups is 1. The van der Waals surface area contributed by atoms with Crippen LogP contribution in [-0.2, 0) is 4.79 Å². The van der Waals surface area contributed by atoms with Crippen LogP contribution in [0.2, 0.25) is 0 Å². The highest BCUT2D eigenvalue weighted by atomic mass is 16.2. The average Bonchev–Trinajstić information content (AvgIpc) is 1.93. The summed E-state index contributed by atoms with van der Waals surface area (Å²) in [7, 11) is 1.93. The van der Waals surface area contributed by atoms with Crippen molar-refractivity contribution < 1.29 is 4.79 Å². The van der Waals surface area contributed by atoms with Gasteiger partial charge in [0.2, 0.25) is 5.91 Å². The molecule has 0 saturated carbocycles. The first-order chi connectivity index (χ1) is 7.72. The molecule has 0 bridgehead atoms. The lowest BCUT2D eigenvalue weighted by molar-refractivity contribution is -0.133. The Hall–Kier alpha value is -0.530. The van der Waals surface area contributed by atoms with Crippen molar-refractivity contribution in [3.63, 3.8) is 0 Å². The van der Waals surface area contributed by atoms with Crippen molar-refractivity contribution in [3.8, 4) is 0 Å². The maximum Gasteiger partial charge on any atom is 0.222 e. The molecule has 0 rings (SSSR count). The zero-order valence-corrected chi connectivity index (χ0v) is 14.0. The third-order valence-corrected chi connectivity index (χ3v) is 2.78. The molecule has 0 aliphatic rings. The summed E-state index contributed by atoms with van der Waals surface area (Å²) in [4.78, 5) is 14.0. The number of carbonyl (C=O) groups excluding carboxylic acids is 1. The lowest BCUT2D eigenvalue weighted by Gasteiger charge is -2.36. The van der Waals surface area contributed by atoms with Crippen LogP contribution < -0.4 is 0 Å². The highest BCUT2D eigenvalue weighted by Gasteiger charge is 2.29. The van der Waals surface area contributed by atoms with Gasteiger partial charge in [-0.3, -0.25) is 4.79 Å². The Morgan fingerprint density at radius 2 is 1.33 bits per heavy atom. The van der Waals surface area contributed by atoms with Crippen molar-refractivity contribution in [2.45, 2.75) is 68.2 Å².